The SMILES string of the molecule is CCc1cccc(OCC(=O)Nc2cccc(S(=O)(=O)Nc3ccccc3Cl)c2)c1. The Morgan fingerprint density at radius 3 is 2.53 bits per heavy atom. The molecule has 0 aliphatic rings. The average molecular weight is 445 g/mol. The fraction of sp³-hybridized carbons (Fsp3) is 0.136. The Morgan fingerprint density at radius 1 is 1.00 bits per heavy atom. The monoisotopic (exact) mass is 444 g/mol. The summed E-state index contributed by atoms with van der Waals surface area (Å²) in [4.78, 5) is 12.2. The molecule has 3 rings (SSSR count). The van der Waals surface area contributed by atoms with Gasteiger partial charge in [0, 0.05) is 5.69 Å². The van der Waals surface area contributed by atoms with Gasteiger partial charge in [-0.2, -0.15) is 0 Å². The van der Waals surface area contributed by atoms with E-state index in [1.54, 1.807) is 42.5 Å². The largest absolute Gasteiger partial charge is 0.484 e. The zero-order chi connectivity index (χ0) is 21.6. The molecule has 30 heavy (non-hydrogen) atoms. The first-order valence-corrected chi connectivity index (χ1v) is 11.1. The van der Waals surface area contributed by atoms with Crippen molar-refractivity contribution >= 4 is 38.9 Å². The van der Waals surface area contributed by atoms with Crippen LogP contribution in [0.25, 0.3) is 0 Å². The van der Waals surface area contributed by atoms with Gasteiger partial charge in [-0.3, -0.25) is 9.52 Å². The highest BCUT2D eigenvalue weighted by Crippen LogP contribution is 2.25. The third-order valence-corrected chi connectivity index (χ3v) is 5.92. The smallest absolute Gasteiger partial charge is 0.262 e. The summed E-state index contributed by atoms with van der Waals surface area (Å²) in [6.45, 7) is 1.84. The number of hydrogen-bond donors (Lipinski definition) is 2. The van der Waals surface area contributed by atoms with Crippen LogP contribution in [0.4, 0.5) is 11.4 Å². The number of ether oxygens (including phenoxy) is 1. The lowest BCUT2D eigenvalue weighted by molar-refractivity contribution is -0.118. The maximum atomic E-state index is 12.7. The van der Waals surface area contributed by atoms with Crippen molar-refractivity contribution in [3.8, 4) is 5.75 Å². The summed E-state index contributed by atoms with van der Waals surface area (Å²) in [5, 5.41) is 2.93. The first-order valence-electron chi connectivity index (χ1n) is 9.26. The molecule has 3 aromatic rings. The van der Waals surface area contributed by atoms with Crippen LogP contribution in [0.2, 0.25) is 5.02 Å². The summed E-state index contributed by atoms with van der Waals surface area (Å²) in [5.41, 5.74) is 1.72. The van der Waals surface area contributed by atoms with E-state index in [0.717, 1.165) is 12.0 Å². The number of anilines is 2. The fourth-order valence-corrected chi connectivity index (χ4v) is 4.05. The van der Waals surface area contributed by atoms with Crippen LogP contribution in [0, 0.1) is 0 Å². The topological polar surface area (TPSA) is 84.5 Å². The Bertz CT molecular complexity index is 1150. The van der Waals surface area contributed by atoms with Crippen molar-refractivity contribution in [1.82, 2.24) is 0 Å². The van der Waals surface area contributed by atoms with E-state index < -0.39 is 15.9 Å². The number of amides is 1. The van der Waals surface area contributed by atoms with Gasteiger partial charge < -0.3 is 10.1 Å². The van der Waals surface area contributed by atoms with Crippen molar-refractivity contribution < 1.29 is 17.9 Å². The number of carbonyl (C=O) groups is 1. The maximum Gasteiger partial charge on any atom is 0.262 e. The van der Waals surface area contributed by atoms with E-state index in [2.05, 4.69) is 10.0 Å². The van der Waals surface area contributed by atoms with Crippen LogP contribution in [-0.2, 0) is 21.2 Å². The molecule has 0 bridgehead atoms. The van der Waals surface area contributed by atoms with Gasteiger partial charge in [0.05, 0.1) is 15.6 Å². The number of sulfonamides is 1. The van der Waals surface area contributed by atoms with Crippen molar-refractivity contribution in [3.63, 3.8) is 0 Å². The highest BCUT2D eigenvalue weighted by atomic mass is 35.5. The summed E-state index contributed by atoms with van der Waals surface area (Å²) in [7, 11) is -3.87. The second-order valence-electron chi connectivity index (χ2n) is 6.45. The van der Waals surface area contributed by atoms with E-state index in [9.17, 15) is 13.2 Å². The third kappa shape index (κ3) is 5.75. The molecule has 0 aliphatic carbocycles. The lowest BCUT2D eigenvalue weighted by atomic mass is 10.2. The minimum atomic E-state index is -3.87. The minimum Gasteiger partial charge on any atom is -0.484 e. The van der Waals surface area contributed by atoms with Crippen LogP contribution >= 0.6 is 11.6 Å². The second-order valence-corrected chi connectivity index (χ2v) is 8.54. The normalized spacial score (nSPS) is 11.0. The van der Waals surface area contributed by atoms with Gasteiger partial charge in [0.15, 0.2) is 6.61 Å². The Balaban J connectivity index is 1.66. The predicted octanol–water partition coefficient (Wildman–Crippen LogP) is 4.72. The molecule has 0 saturated heterocycles. The van der Waals surface area contributed by atoms with E-state index in [1.807, 2.05) is 25.1 Å². The Labute approximate surface area is 180 Å². The molecular weight excluding hydrogens is 424 g/mol. The third-order valence-electron chi connectivity index (χ3n) is 4.22. The van der Waals surface area contributed by atoms with Gasteiger partial charge in [-0.25, -0.2) is 8.42 Å². The maximum absolute atomic E-state index is 12.7. The van der Waals surface area contributed by atoms with E-state index in [4.69, 9.17) is 16.3 Å². The van der Waals surface area contributed by atoms with E-state index in [-0.39, 0.29) is 22.2 Å². The van der Waals surface area contributed by atoms with Gasteiger partial charge in [-0.05, 0) is 54.4 Å². The first-order chi connectivity index (χ1) is 14.4. The van der Waals surface area contributed by atoms with E-state index in [1.165, 1.54) is 12.1 Å². The Kier molecular flexibility index (Phi) is 6.97. The van der Waals surface area contributed by atoms with Crippen molar-refractivity contribution in [2.75, 3.05) is 16.6 Å². The van der Waals surface area contributed by atoms with Crippen LogP contribution in [0.15, 0.2) is 77.7 Å². The molecule has 0 saturated carbocycles. The zero-order valence-corrected chi connectivity index (χ0v) is 17.8. The Hall–Kier alpha value is -3.03. The number of rotatable bonds is 8. The molecule has 0 aromatic heterocycles. The standard InChI is InChI=1S/C22H21ClN2O4S/c1-2-16-7-5-9-18(13-16)29-15-22(26)24-17-8-6-10-19(14-17)30(27,28)25-21-12-4-3-11-20(21)23/h3-14,25H,2,15H2,1H3,(H,24,26). The van der Waals surface area contributed by atoms with Crippen molar-refractivity contribution in [2.45, 2.75) is 18.2 Å². The molecule has 8 heteroatoms. The quantitative estimate of drug-likeness (QED) is 0.526. The number of benzene rings is 3. The van der Waals surface area contributed by atoms with E-state index >= 15 is 0 Å². The molecule has 6 nitrogen and oxygen atoms in total. The minimum absolute atomic E-state index is 0.00298. The predicted molar refractivity (Wildman–Crippen MR) is 119 cm³/mol. The van der Waals surface area contributed by atoms with Crippen molar-refractivity contribution in [2.24, 2.45) is 0 Å². The number of nitrogens with one attached hydrogen (secondary N) is 2. The van der Waals surface area contributed by atoms with Crippen LogP contribution in [0.3, 0.4) is 0 Å². The van der Waals surface area contributed by atoms with Gasteiger partial charge in [-0.15, -0.1) is 0 Å². The molecule has 1 amide bonds. The van der Waals surface area contributed by atoms with Gasteiger partial charge >= 0.3 is 0 Å². The zero-order valence-electron chi connectivity index (χ0n) is 16.3. The molecule has 3 aromatic carbocycles. The average Bonchev–Trinajstić information content (AvgIpc) is 2.74. The molecule has 0 spiro atoms. The number of para-hydroxylation sites is 1. The molecule has 0 fully saturated rings. The molecular formula is C22H21ClN2O4S. The van der Waals surface area contributed by atoms with Crippen LogP contribution in [0.5, 0.6) is 5.75 Å². The molecule has 0 aliphatic heterocycles. The number of hydrogen-bond acceptors (Lipinski definition) is 4. The number of aryl methyl sites for hydroxylation is 1. The highest BCUT2D eigenvalue weighted by Gasteiger charge is 2.16. The van der Waals surface area contributed by atoms with Gasteiger partial charge in [0.2, 0.25) is 0 Å². The Morgan fingerprint density at radius 2 is 1.77 bits per heavy atom. The molecule has 0 radical (unpaired) electrons. The molecule has 156 valence electrons. The van der Waals surface area contributed by atoms with Crippen LogP contribution < -0.4 is 14.8 Å². The first kappa shape index (κ1) is 21.7. The molecule has 0 unspecified atom stereocenters. The molecule has 0 heterocycles. The fourth-order valence-electron chi connectivity index (χ4n) is 2.69. The number of halogens is 1. The van der Waals surface area contributed by atoms with Crippen molar-refractivity contribution in [1.29, 1.82) is 0 Å². The summed E-state index contributed by atoms with van der Waals surface area (Å²) in [6, 6.07) is 20.0. The molecule has 0 atom stereocenters. The molecule has 2 N–H and O–H groups in total. The van der Waals surface area contributed by atoms with E-state index in [0.29, 0.717) is 11.4 Å². The summed E-state index contributed by atoms with van der Waals surface area (Å²) in [5.74, 6) is 0.204. The summed E-state index contributed by atoms with van der Waals surface area (Å²) >= 11 is 6.02. The lowest BCUT2D eigenvalue weighted by Gasteiger charge is -2.12. The summed E-state index contributed by atoms with van der Waals surface area (Å²) in [6.07, 6.45) is 0.868. The summed E-state index contributed by atoms with van der Waals surface area (Å²) < 4.78 is 33.3. The van der Waals surface area contributed by atoms with Crippen molar-refractivity contribution in [3.05, 3.63) is 83.4 Å². The van der Waals surface area contributed by atoms with Crippen LogP contribution in [-0.4, -0.2) is 20.9 Å². The van der Waals surface area contributed by atoms with Gasteiger partial charge in [0.1, 0.15) is 5.75 Å². The van der Waals surface area contributed by atoms with Gasteiger partial charge in [-0.1, -0.05) is 48.9 Å². The second kappa shape index (κ2) is 9.65. The lowest BCUT2D eigenvalue weighted by Crippen LogP contribution is -2.20. The highest BCUT2D eigenvalue weighted by molar-refractivity contribution is 7.92. The van der Waals surface area contributed by atoms with Gasteiger partial charge in [0.25, 0.3) is 15.9 Å². The number of carbonyl (C=O) groups excluding carboxylic acids is 1. The van der Waals surface area contributed by atoms with Crippen LogP contribution in [0.1, 0.15) is 12.5 Å².